The van der Waals surface area contributed by atoms with Gasteiger partial charge in [-0.2, -0.15) is 5.26 Å². The smallest absolute Gasteiger partial charge is 0.248 e. The van der Waals surface area contributed by atoms with Crippen LogP contribution in [0.25, 0.3) is 0 Å². The maximum absolute atomic E-state index is 13.5. The number of H-pyrrole nitrogens is 1. The second-order valence-corrected chi connectivity index (χ2v) is 5.84. The zero-order chi connectivity index (χ0) is 17.8. The van der Waals surface area contributed by atoms with Crippen LogP contribution in [0.2, 0.25) is 0 Å². The predicted octanol–water partition coefficient (Wildman–Crippen LogP) is 1.07. The van der Waals surface area contributed by atoms with E-state index in [-0.39, 0.29) is 29.8 Å². The number of carbonyl (C=O) groups excluding carboxylic acids is 1. The Kier molecular flexibility index (Phi) is 2.91. The van der Waals surface area contributed by atoms with Crippen LogP contribution >= 0.6 is 0 Å². The quantitative estimate of drug-likeness (QED) is 0.760. The number of aromatic nitrogens is 2. The van der Waals surface area contributed by atoms with Gasteiger partial charge in [-0.05, 0) is 13.0 Å². The van der Waals surface area contributed by atoms with Crippen LogP contribution in [-0.4, -0.2) is 22.6 Å². The summed E-state index contributed by atoms with van der Waals surface area (Å²) in [7, 11) is 0. The molecule has 1 amide bonds. The lowest BCUT2D eigenvalue weighted by Gasteiger charge is -2.32. The van der Waals surface area contributed by atoms with Crippen LogP contribution < -0.4 is 15.4 Å². The van der Waals surface area contributed by atoms with Gasteiger partial charge in [-0.15, -0.1) is 11.5 Å². The summed E-state index contributed by atoms with van der Waals surface area (Å²) in [5.41, 5.74) is 7.03. The normalized spacial score (nSPS) is 20.8. The summed E-state index contributed by atoms with van der Waals surface area (Å²) in [4.78, 5) is 15.0. The van der Waals surface area contributed by atoms with Gasteiger partial charge >= 0.3 is 0 Å². The second-order valence-electron chi connectivity index (χ2n) is 5.84. The molecule has 122 valence electrons. The van der Waals surface area contributed by atoms with Crippen molar-refractivity contribution in [3.05, 3.63) is 52.5 Å². The highest BCUT2D eigenvalue weighted by atomic mass is 16.5. The van der Waals surface area contributed by atoms with E-state index in [1.54, 1.807) is 19.1 Å². The van der Waals surface area contributed by atoms with Gasteiger partial charge in [0.2, 0.25) is 17.7 Å². The lowest BCUT2D eigenvalue weighted by atomic mass is 9.69. The number of amides is 1. The van der Waals surface area contributed by atoms with E-state index in [9.17, 15) is 10.1 Å². The van der Waals surface area contributed by atoms with Crippen molar-refractivity contribution in [3.8, 4) is 24.3 Å². The average Bonchev–Trinajstić information content (AvgIpc) is 3.08. The molecule has 0 saturated heterocycles. The Balaban J connectivity index is 2.16. The molecule has 3 N–H and O–H groups in total. The van der Waals surface area contributed by atoms with E-state index < -0.39 is 5.41 Å². The summed E-state index contributed by atoms with van der Waals surface area (Å²) in [5, 5.41) is 16.7. The number of hydrogen-bond donors (Lipinski definition) is 2. The number of aryl methyl sites for hydroxylation is 1. The van der Waals surface area contributed by atoms with Gasteiger partial charge in [0.15, 0.2) is 0 Å². The number of nitriles is 1. The number of benzene rings is 1. The van der Waals surface area contributed by atoms with E-state index in [0.717, 1.165) is 0 Å². The van der Waals surface area contributed by atoms with Crippen molar-refractivity contribution in [2.45, 2.75) is 12.3 Å². The lowest BCUT2D eigenvalue weighted by Crippen LogP contribution is -2.46. The fraction of sp³-hybridized carbons (Fsp3) is 0.167. The van der Waals surface area contributed by atoms with Gasteiger partial charge in [0.25, 0.3) is 0 Å². The van der Waals surface area contributed by atoms with Gasteiger partial charge in [0, 0.05) is 16.9 Å². The highest BCUT2D eigenvalue weighted by Crippen LogP contribution is 2.55. The first-order valence-corrected chi connectivity index (χ1v) is 7.55. The molecule has 4 rings (SSSR count). The summed E-state index contributed by atoms with van der Waals surface area (Å²) in [6.45, 7) is 1.86. The Labute approximate surface area is 143 Å². The summed E-state index contributed by atoms with van der Waals surface area (Å²) < 4.78 is 5.48. The molecule has 1 aromatic carbocycles. The van der Waals surface area contributed by atoms with Crippen molar-refractivity contribution in [1.82, 2.24) is 10.2 Å². The number of nitrogens with two attached hydrogens (primary N) is 1. The molecule has 2 aliphatic heterocycles. The number of aromatic amines is 1. The fourth-order valence-corrected chi connectivity index (χ4v) is 3.71. The number of para-hydroxylation sites is 1. The lowest BCUT2D eigenvalue weighted by molar-refractivity contribution is -0.120. The van der Waals surface area contributed by atoms with Crippen LogP contribution in [-0.2, 0) is 10.2 Å². The number of terminal acetylenes is 1. The topological polar surface area (TPSA) is 108 Å². The molecular formula is C18H13N5O2. The standard InChI is InChI=1S/C18H13N5O2/c1-3-8-23-13-7-5-4-6-11(13)18(17(23)24)12(9-19)15(20)25-16-14(18)10(2)21-22-16/h1,4-7H,8,20H2,2H3,(H,21,22)/t18-/m1/s1. The number of anilines is 1. The van der Waals surface area contributed by atoms with Crippen molar-refractivity contribution in [2.75, 3.05) is 11.4 Å². The molecule has 0 saturated carbocycles. The van der Waals surface area contributed by atoms with E-state index in [1.807, 2.05) is 12.1 Å². The van der Waals surface area contributed by atoms with Crippen molar-refractivity contribution < 1.29 is 9.53 Å². The Morgan fingerprint density at radius 3 is 2.96 bits per heavy atom. The predicted molar refractivity (Wildman–Crippen MR) is 89.2 cm³/mol. The third-order valence-corrected chi connectivity index (χ3v) is 4.64. The molecule has 2 aromatic rings. The second kappa shape index (κ2) is 4.89. The average molecular weight is 331 g/mol. The highest BCUT2D eigenvalue weighted by Gasteiger charge is 2.60. The molecular weight excluding hydrogens is 318 g/mol. The van der Waals surface area contributed by atoms with E-state index in [4.69, 9.17) is 16.9 Å². The molecule has 0 bridgehead atoms. The first-order chi connectivity index (χ1) is 12.1. The van der Waals surface area contributed by atoms with Crippen LogP contribution in [0.5, 0.6) is 5.88 Å². The molecule has 7 heteroatoms. The van der Waals surface area contributed by atoms with Crippen LogP contribution in [0.3, 0.4) is 0 Å². The minimum absolute atomic E-state index is 0.0430. The Hall–Kier alpha value is -3.71. The molecule has 0 unspecified atom stereocenters. The third kappa shape index (κ3) is 1.59. The molecule has 25 heavy (non-hydrogen) atoms. The summed E-state index contributed by atoms with van der Waals surface area (Å²) in [6.07, 6.45) is 5.46. The number of rotatable bonds is 1. The zero-order valence-corrected chi connectivity index (χ0v) is 13.3. The summed E-state index contributed by atoms with van der Waals surface area (Å²) >= 11 is 0. The van der Waals surface area contributed by atoms with Gasteiger partial charge < -0.3 is 10.5 Å². The van der Waals surface area contributed by atoms with Crippen molar-refractivity contribution >= 4 is 11.6 Å². The summed E-state index contributed by atoms with van der Waals surface area (Å²) in [6, 6.07) is 9.29. The molecule has 0 radical (unpaired) electrons. The van der Waals surface area contributed by atoms with Crippen molar-refractivity contribution in [3.63, 3.8) is 0 Å². The van der Waals surface area contributed by atoms with Crippen LogP contribution in [0.1, 0.15) is 16.8 Å². The molecule has 1 aromatic heterocycles. The molecule has 3 heterocycles. The van der Waals surface area contributed by atoms with E-state index in [1.165, 1.54) is 4.90 Å². The van der Waals surface area contributed by atoms with E-state index in [2.05, 4.69) is 22.2 Å². The van der Waals surface area contributed by atoms with E-state index >= 15 is 0 Å². The number of carbonyl (C=O) groups is 1. The molecule has 2 aliphatic rings. The number of hydrogen-bond acceptors (Lipinski definition) is 5. The van der Waals surface area contributed by atoms with Gasteiger partial charge in [-0.1, -0.05) is 24.1 Å². The number of nitrogens with one attached hydrogen (secondary N) is 1. The van der Waals surface area contributed by atoms with Gasteiger partial charge in [-0.25, -0.2) is 0 Å². The Morgan fingerprint density at radius 1 is 1.48 bits per heavy atom. The van der Waals surface area contributed by atoms with Crippen LogP contribution in [0.15, 0.2) is 35.7 Å². The van der Waals surface area contributed by atoms with Crippen molar-refractivity contribution in [2.24, 2.45) is 5.73 Å². The first kappa shape index (κ1) is 14.9. The minimum Gasteiger partial charge on any atom is -0.420 e. The molecule has 1 atom stereocenters. The maximum atomic E-state index is 13.5. The van der Waals surface area contributed by atoms with Gasteiger partial charge in [0.05, 0.1) is 12.1 Å². The molecule has 0 fully saturated rings. The monoisotopic (exact) mass is 331 g/mol. The molecule has 0 aliphatic carbocycles. The van der Waals surface area contributed by atoms with Crippen molar-refractivity contribution in [1.29, 1.82) is 5.26 Å². The number of nitrogens with zero attached hydrogens (tertiary/aromatic N) is 3. The van der Waals surface area contributed by atoms with E-state index in [0.29, 0.717) is 22.5 Å². The first-order valence-electron chi connectivity index (χ1n) is 7.55. The number of ether oxygens (including phenoxy) is 1. The maximum Gasteiger partial charge on any atom is 0.248 e. The zero-order valence-electron chi connectivity index (χ0n) is 13.3. The van der Waals surface area contributed by atoms with Gasteiger partial charge in [-0.3, -0.25) is 14.8 Å². The Bertz CT molecular complexity index is 1040. The molecule has 1 spiro atoms. The number of fused-ring (bicyclic) bond motifs is 4. The minimum atomic E-state index is -1.41. The summed E-state index contributed by atoms with van der Waals surface area (Å²) in [5.74, 6) is 2.23. The van der Waals surface area contributed by atoms with Crippen LogP contribution in [0.4, 0.5) is 5.69 Å². The van der Waals surface area contributed by atoms with Crippen LogP contribution in [0, 0.1) is 30.6 Å². The van der Waals surface area contributed by atoms with Gasteiger partial charge in [0.1, 0.15) is 17.1 Å². The Morgan fingerprint density at radius 2 is 2.24 bits per heavy atom. The SMILES string of the molecule is C#CCN1C(=O)[C@@]2(C(C#N)=C(N)Oc3n[nH]c(C)c32)c2ccccc21. The molecule has 7 nitrogen and oxygen atoms in total. The largest absolute Gasteiger partial charge is 0.420 e. The fourth-order valence-electron chi connectivity index (χ4n) is 3.71. The highest BCUT2D eigenvalue weighted by molar-refractivity contribution is 6.14. The third-order valence-electron chi connectivity index (χ3n) is 4.64.